The van der Waals surface area contributed by atoms with E-state index < -0.39 is 0 Å². The fourth-order valence-corrected chi connectivity index (χ4v) is 3.24. The lowest BCUT2D eigenvalue weighted by atomic mass is 10.1. The van der Waals surface area contributed by atoms with Gasteiger partial charge in [-0.25, -0.2) is 4.39 Å². The Labute approximate surface area is 164 Å². The maximum Gasteiger partial charge on any atom is 0.226 e. The Kier molecular flexibility index (Phi) is 7.00. The number of rotatable bonds is 7. The first-order chi connectivity index (χ1) is 13.6. The first kappa shape index (κ1) is 19.9. The molecule has 0 atom stereocenters. The zero-order valence-electron chi connectivity index (χ0n) is 15.9. The summed E-state index contributed by atoms with van der Waals surface area (Å²) in [6, 6.07) is 15.7. The second kappa shape index (κ2) is 9.88. The maximum absolute atomic E-state index is 13.2. The second-order valence-electron chi connectivity index (χ2n) is 6.80. The van der Waals surface area contributed by atoms with Crippen molar-refractivity contribution in [1.82, 2.24) is 9.80 Å². The largest absolute Gasteiger partial charge is 0.493 e. The van der Waals surface area contributed by atoms with Crippen molar-refractivity contribution in [3.63, 3.8) is 0 Å². The number of hydrogen-bond acceptors (Lipinski definition) is 3. The van der Waals surface area contributed by atoms with Crippen LogP contribution in [0.2, 0.25) is 0 Å². The van der Waals surface area contributed by atoms with Gasteiger partial charge in [0.25, 0.3) is 0 Å². The van der Waals surface area contributed by atoms with E-state index in [1.807, 2.05) is 36.4 Å². The molecule has 0 unspecified atom stereocenters. The van der Waals surface area contributed by atoms with Crippen molar-refractivity contribution in [1.29, 1.82) is 0 Å². The molecule has 1 saturated heterocycles. The smallest absolute Gasteiger partial charge is 0.226 e. The molecule has 1 aliphatic heterocycles. The van der Waals surface area contributed by atoms with E-state index in [4.69, 9.17) is 4.74 Å². The van der Waals surface area contributed by atoms with E-state index in [-0.39, 0.29) is 17.6 Å². The van der Waals surface area contributed by atoms with Crippen molar-refractivity contribution in [3.05, 3.63) is 66.0 Å². The maximum atomic E-state index is 13.2. The molecule has 0 aromatic heterocycles. The summed E-state index contributed by atoms with van der Waals surface area (Å²) in [7, 11) is 0. The van der Waals surface area contributed by atoms with Gasteiger partial charge >= 0.3 is 0 Å². The van der Waals surface area contributed by atoms with Crippen LogP contribution in [0, 0.1) is 5.82 Å². The molecule has 2 amide bonds. The number of benzene rings is 2. The summed E-state index contributed by atoms with van der Waals surface area (Å²) < 4.78 is 18.8. The Balaban J connectivity index is 1.36. The molecule has 1 heterocycles. The van der Waals surface area contributed by atoms with Crippen LogP contribution in [0.5, 0.6) is 5.75 Å². The first-order valence-corrected chi connectivity index (χ1v) is 9.59. The summed E-state index contributed by atoms with van der Waals surface area (Å²) in [5.41, 5.74) is 0.820. The van der Waals surface area contributed by atoms with Crippen LogP contribution in [0.4, 0.5) is 4.39 Å². The van der Waals surface area contributed by atoms with Crippen molar-refractivity contribution < 1.29 is 18.7 Å². The average Bonchev–Trinajstić information content (AvgIpc) is 2.73. The van der Waals surface area contributed by atoms with Gasteiger partial charge in [0.1, 0.15) is 11.6 Å². The van der Waals surface area contributed by atoms with Gasteiger partial charge < -0.3 is 14.5 Å². The van der Waals surface area contributed by atoms with Gasteiger partial charge in [-0.2, -0.15) is 0 Å². The molecule has 1 aliphatic rings. The SMILES string of the molecule is O=C(CCOc1ccccc1)N1CCN(C(=O)CCc2cccc(F)c2)CC1. The monoisotopic (exact) mass is 384 g/mol. The van der Waals surface area contributed by atoms with Crippen LogP contribution < -0.4 is 4.74 Å². The molecule has 2 aromatic rings. The fraction of sp³-hybridized carbons (Fsp3) is 0.364. The van der Waals surface area contributed by atoms with E-state index in [9.17, 15) is 14.0 Å². The molecule has 148 valence electrons. The number of carbonyl (C=O) groups is 2. The molecule has 1 fully saturated rings. The fourth-order valence-electron chi connectivity index (χ4n) is 3.24. The van der Waals surface area contributed by atoms with Gasteiger partial charge in [-0.15, -0.1) is 0 Å². The number of nitrogens with zero attached hydrogens (tertiary/aromatic N) is 2. The Hall–Kier alpha value is -2.89. The predicted octanol–water partition coefficient (Wildman–Crippen LogP) is 2.90. The van der Waals surface area contributed by atoms with Gasteiger partial charge in [0.15, 0.2) is 0 Å². The van der Waals surface area contributed by atoms with Crippen LogP contribution in [0.1, 0.15) is 18.4 Å². The average molecular weight is 384 g/mol. The highest BCUT2D eigenvalue weighted by molar-refractivity contribution is 5.78. The molecule has 0 bridgehead atoms. The molecular formula is C22H25FN2O3. The van der Waals surface area contributed by atoms with Crippen LogP contribution in [-0.4, -0.2) is 54.4 Å². The normalized spacial score (nSPS) is 14.0. The minimum Gasteiger partial charge on any atom is -0.493 e. The van der Waals surface area contributed by atoms with Crippen molar-refractivity contribution in [2.24, 2.45) is 0 Å². The zero-order chi connectivity index (χ0) is 19.8. The zero-order valence-corrected chi connectivity index (χ0v) is 15.9. The van der Waals surface area contributed by atoms with Gasteiger partial charge in [-0.3, -0.25) is 9.59 Å². The van der Waals surface area contributed by atoms with Crippen molar-refractivity contribution in [2.75, 3.05) is 32.8 Å². The second-order valence-corrected chi connectivity index (χ2v) is 6.80. The van der Waals surface area contributed by atoms with Gasteiger partial charge in [-0.1, -0.05) is 30.3 Å². The Morgan fingerprint density at radius 2 is 1.50 bits per heavy atom. The molecule has 28 heavy (non-hydrogen) atoms. The highest BCUT2D eigenvalue weighted by atomic mass is 19.1. The predicted molar refractivity (Wildman–Crippen MR) is 104 cm³/mol. The molecule has 0 spiro atoms. The van der Waals surface area contributed by atoms with E-state index in [0.29, 0.717) is 52.0 Å². The summed E-state index contributed by atoms with van der Waals surface area (Å²) in [5, 5.41) is 0. The van der Waals surface area contributed by atoms with Crippen molar-refractivity contribution in [2.45, 2.75) is 19.3 Å². The molecule has 0 saturated carbocycles. The third-order valence-corrected chi connectivity index (χ3v) is 4.83. The topological polar surface area (TPSA) is 49.9 Å². The van der Waals surface area contributed by atoms with Crippen LogP contribution in [0.15, 0.2) is 54.6 Å². The summed E-state index contributed by atoms with van der Waals surface area (Å²) in [4.78, 5) is 28.2. The quantitative estimate of drug-likeness (QED) is 0.738. The number of piperazine rings is 1. The first-order valence-electron chi connectivity index (χ1n) is 9.59. The molecule has 3 rings (SSSR count). The molecule has 0 radical (unpaired) electrons. The van der Waals surface area contributed by atoms with Crippen LogP contribution in [-0.2, 0) is 16.0 Å². The minimum atomic E-state index is -0.284. The number of hydrogen-bond donors (Lipinski definition) is 0. The number of amides is 2. The standard InChI is InChI=1S/C22H25FN2O3/c23-19-6-4-5-18(17-19)9-10-21(26)24-12-14-25(15-13-24)22(27)11-16-28-20-7-2-1-3-8-20/h1-8,17H,9-16H2. The van der Waals surface area contributed by atoms with Gasteiger partial charge in [0, 0.05) is 32.6 Å². The van der Waals surface area contributed by atoms with E-state index in [0.717, 1.165) is 11.3 Å². The Bertz CT molecular complexity index is 789. The van der Waals surface area contributed by atoms with Gasteiger partial charge in [0.2, 0.25) is 11.8 Å². The van der Waals surface area contributed by atoms with Crippen LogP contribution in [0.25, 0.3) is 0 Å². The lowest BCUT2D eigenvalue weighted by Crippen LogP contribution is -2.50. The molecule has 0 aliphatic carbocycles. The van der Waals surface area contributed by atoms with Crippen molar-refractivity contribution in [3.8, 4) is 5.75 Å². The highest BCUT2D eigenvalue weighted by Gasteiger charge is 2.23. The lowest BCUT2D eigenvalue weighted by molar-refractivity contribution is -0.139. The Morgan fingerprint density at radius 1 is 0.857 bits per heavy atom. The number of carbonyl (C=O) groups excluding carboxylic acids is 2. The van der Waals surface area contributed by atoms with Crippen LogP contribution >= 0.6 is 0 Å². The number of aryl methyl sites for hydroxylation is 1. The molecule has 0 N–H and O–H groups in total. The Morgan fingerprint density at radius 3 is 2.14 bits per heavy atom. The van der Waals surface area contributed by atoms with E-state index >= 15 is 0 Å². The third kappa shape index (κ3) is 5.81. The van der Waals surface area contributed by atoms with Crippen LogP contribution in [0.3, 0.4) is 0 Å². The molecule has 5 nitrogen and oxygen atoms in total. The summed E-state index contributed by atoms with van der Waals surface area (Å²) >= 11 is 0. The molecule has 6 heteroatoms. The van der Waals surface area contributed by atoms with E-state index in [2.05, 4.69) is 0 Å². The lowest BCUT2D eigenvalue weighted by Gasteiger charge is -2.35. The number of para-hydroxylation sites is 1. The van der Waals surface area contributed by atoms with Gasteiger partial charge in [0.05, 0.1) is 13.0 Å². The molecular weight excluding hydrogens is 359 g/mol. The third-order valence-electron chi connectivity index (χ3n) is 4.83. The van der Waals surface area contributed by atoms with Gasteiger partial charge in [-0.05, 0) is 36.2 Å². The van der Waals surface area contributed by atoms with E-state index in [1.54, 1.807) is 15.9 Å². The number of ether oxygens (including phenoxy) is 1. The van der Waals surface area contributed by atoms with Crippen molar-refractivity contribution >= 4 is 11.8 Å². The highest BCUT2D eigenvalue weighted by Crippen LogP contribution is 2.11. The summed E-state index contributed by atoms with van der Waals surface area (Å²) in [5.74, 6) is 0.559. The molecule has 2 aromatic carbocycles. The summed E-state index contributed by atoms with van der Waals surface area (Å²) in [6.07, 6.45) is 1.19. The van der Waals surface area contributed by atoms with E-state index in [1.165, 1.54) is 12.1 Å². The summed E-state index contributed by atoms with van der Waals surface area (Å²) in [6.45, 7) is 2.49. The minimum absolute atomic E-state index is 0.0443. The number of halogens is 1.